The van der Waals surface area contributed by atoms with Gasteiger partial charge >= 0.3 is 6.03 Å². The summed E-state index contributed by atoms with van der Waals surface area (Å²) in [7, 11) is 0. The summed E-state index contributed by atoms with van der Waals surface area (Å²) >= 11 is 0. The Morgan fingerprint density at radius 3 is 2.13 bits per heavy atom. The summed E-state index contributed by atoms with van der Waals surface area (Å²) in [5.41, 5.74) is 3.21. The maximum Gasteiger partial charge on any atom is 0.335 e. The van der Waals surface area contributed by atoms with Crippen molar-refractivity contribution >= 4 is 29.6 Å². The molecular formula is C32H32N2O5. The average molecular weight is 525 g/mol. The van der Waals surface area contributed by atoms with E-state index in [1.165, 1.54) is 43.7 Å². The molecule has 2 fully saturated rings. The van der Waals surface area contributed by atoms with Crippen LogP contribution in [0.2, 0.25) is 0 Å². The van der Waals surface area contributed by atoms with E-state index in [0.29, 0.717) is 36.1 Å². The van der Waals surface area contributed by atoms with Crippen LogP contribution in [-0.2, 0) is 9.59 Å². The van der Waals surface area contributed by atoms with Gasteiger partial charge in [0.25, 0.3) is 11.8 Å². The minimum atomic E-state index is -0.765. The number of benzene rings is 3. The molecule has 39 heavy (non-hydrogen) atoms. The molecule has 0 spiro atoms. The molecule has 2 aliphatic rings. The lowest BCUT2D eigenvalue weighted by Gasteiger charge is -2.26. The molecule has 4 amide bonds. The van der Waals surface area contributed by atoms with Gasteiger partial charge in [-0.15, -0.1) is 0 Å². The van der Waals surface area contributed by atoms with Crippen molar-refractivity contribution in [1.29, 1.82) is 0 Å². The van der Waals surface area contributed by atoms with E-state index in [1.807, 2.05) is 25.1 Å². The van der Waals surface area contributed by atoms with E-state index >= 15 is 0 Å². The van der Waals surface area contributed by atoms with E-state index in [9.17, 15) is 14.4 Å². The van der Waals surface area contributed by atoms with Gasteiger partial charge in [0.05, 0.1) is 5.69 Å². The van der Waals surface area contributed by atoms with Gasteiger partial charge in [-0.25, -0.2) is 9.69 Å². The molecule has 0 aromatic heterocycles. The van der Waals surface area contributed by atoms with Crippen LogP contribution in [0.5, 0.6) is 11.5 Å². The number of aryl methyl sites for hydroxylation is 1. The van der Waals surface area contributed by atoms with E-state index < -0.39 is 17.8 Å². The normalized spacial score (nSPS) is 17.3. The number of anilines is 1. The standard InChI is InChI=1S/C32H32N2O5/c1-22-6-5-9-26(20-22)34-31(36)29(30(35)33-32(34)37)21-23-10-14-27(15-11-23)38-18-19-39-28-16-12-25(13-17-28)24-7-3-2-4-8-24/h5-6,9-17,20-21,24H,2-4,7-8,18-19H2,1H3,(H,33,35,37). The van der Waals surface area contributed by atoms with Gasteiger partial charge in [0.15, 0.2) is 0 Å². The molecular weight excluding hydrogens is 492 g/mol. The largest absolute Gasteiger partial charge is 0.490 e. The molecule has 1 aliphatic carbocycles. The number of amides is 4. The summed E-state index contributed by atoms with van der Waals surface area (Å²) in [6, 6.07) is 21.7. The van der Waals surface area contributed by atoms with Crippen LogP contribution in [0.4, 0.5) is 10.5 Å². The van der Waals surface area contributed by atoms with Crippen molar-refractivity contribution in [3.05, 3.63) is 95.1 Å². The molecule has 200 valence electrons. The lowest BCUT2D eigenvalue weighted by Crippen LogP contribution is -2.54. The molecule has 0 bridgehead atoms. The van der Waals surface area contributed by atoms with E-state index in [2.05, 4.69) is 17.4 Å². The maximum atomic E-state index is 13.1. The number of barbiturate groups is 1. The summed E-state index contributed by atoms with van der Waals surface area (Å²) in [6.45, 7) is 2.65. The van der Waals surface area contributed by atoms with E-state index in [1.54, 1.807) is 42.5 Å². The number of imide groups is 2. The maximum absolute atomic E-state index is 13.1. The highest BCUT2D eigenvalue weighted by atomic mass is 16.5. The van der Waals surface area contributed by atoms with Gasteiger partial charge in [-0.1, -0.05) is 55.7 Å². The highest BCUT2D eigenvalue weighted by molar-refractivity contribution is 6.39. The van der Waals surface area contributed by atoms with Crippen molar-refractivity contribution in [2.45, 2.75) is 44.9 Å². The second-order valence-electron chi connectivity index (χ2n) is 9.97. The summed E-state index contributed by atoms with van der Waals surface area (Å²) in [5, 5.41) is 2.25. The Bertz CT molecular complexity index is 1370. The smallest absolute Gasteiger partial charge is 0.335 e. The Morgan fingerprint density at radius 2 is 1.49 bits per heavy atom. The van der Waals surface area contributed by atoms with Crippen molar-refractivity contribution in [2.24, 2.45) is 0 Å². The SMILES string of the molecule is Cc1cccc(N2C(=O)NC(=O)C(=Cc3ccc(OCCOc4ccc(C5CCCCC5)cc4)cc3)C2=O)c1. The third-order valence-electron chi connectivity index (χ3n) is 7.13. The summed E-state index contributed by atoms with van der Waals surface area (Å²) in [4.78, 5) is 38.9. The lowest BCUT2D eigenvalue weighted by atomic mass is 9.84. The molecule has 7 nitrogen and oxygen atoms in total. The van der Waals surface area contributed by atoms with E-state index in [0.717, 1.165) is 16.2 Å². The molecule has 7 heteroatoms. The molecule has 1 saturated heterocycles. The zero-order chi connectivity index (χ0) is 27.2. The fraction of sp³-hybridized carbons (Fsp3) is 0.281. The molecule has 1 heterocycles. The minimum Gasteiger partial charge on any atom is -0.490 e. The zero-order valence-corrected chi connectivity index (χ0v) is 22.0. The van der Waals surface area contributed by atoms with Gasteiger partial charge < -0.3 is 9.47 Å². The summed E-state index contributed by atoms with van der Waals surface area (Å²) in [6.07, 6.45) is 8.01. The van der Waals surface area contributed by atoms with Crippen LogP contribution in [-0.4, -0.2) is 31.1 Å². The van der Waals surface area contributed by atoms with Crippen LogP contribution in [0.3, 0.4) is 0 Å². The van der Waals surface area contributed by atoms with Gasteiger partial charge in [0, 0.05) is 0 Å². The Kier molecular flexibility index (Phi) is 8.06. The third kappa shape index (κ3) is 6.37. The average Bonchev–Trinajstić information content (AvgIpc) is 2.95. The van der Waals surface area contributed by atoms with Crippen LogP contribution in [0.15, 0.2) is 78.4 Å². The topological polar surface area (TPSA) is 84.9 Å². The first kappa shape index (κ1) is 26.2. The van der Waals surface area contributed by atoms with Crippen LogP contribution >= 0.6 is 0 Å². The summed E-state index contributed by atoms with van der Waals surface area (Å²) < 4.78 is 11.6. The number of hydrogen-bond acceptors (Lipinski definition) is 5. The number of carbonyl (C=O) groups excluding carboxylic acids is 3. The Balaban J connectivity index is 1.15. The van der Waals surface area contributed by atoms with Crippen LogP contribution < -0.4 is 19.7 Å². The van der Waals surface area contributed by atoms with Gasteiger partial charge in [-0.3, -0.25) is 14.9 Å². The number of nitrogens with one attached hydrogen (secondary N) is 1. The number of urea groups is 1. The minimum absolute atomic E-state index is 0.118. The molecule has 3 aromatic carbocycles. The number of nitrogens with zero attached hydrogens (tertiary/aromatic N) is 1. The molecule has 1 saturated carbocycles. The van der Waals surface area contributed by atoms with E-state index in [4.69, 9.17) is 9.47 Å². The summed E-state index contributed by atoms with van der Waals surface area (Å²) in [5.74, 6) is 0.754. The second-order valence-corrected chi connectivity index (χ2v) is 9.97. The highest BCUT2D eigenvalue weighted by Crippen LogP contribution is 2.33. The van der Waals surface area contributed by atoms with Gasteiger partial charge in [-0.05, 0) is 84.8 Å². The van der Waals surface area contributed by atoms with E-state index in [-0.39, 0.29) is 5.57 Å². The van der Waals surface area contributed by atoms with Crippen LogP contribution in [0.25, 0.3) is 6.08 Å². The van der Waals surface area contributed by atoms with Crippen molar-refractivity contribution < 1.29 is 23.9 Å². The number of hydrogen-bond donors (Lipinski definition) is 1. The molecule has 1 N–H and O–H groups in total. The molecule has 0 radical (unpaired) electrons. The van der Waals surface area contributed by atoms with Crippen molar-refractivity contribution in [1.82, 2.24) is 5.32 Å². The highest BCUT2D eigenvalue weighted by Gasteiger charge is 2.36. The fourth-order valence-corrected chi connectivity index (χ4v) is 5.08. The Hall–Kier alpha value is -4.39. The number of ether oxygens (including phenoxy) is 2. The molecule has 0 atom stereocenters. The predicted molar refractivity (Wildman–Crippen MR) is 150 cm³/mol. The second kappa shape index (κ2) is 12.0. The van der Waals surface area contributed by atoms with Crippen LogP contribution in [0.1, 0.15) is 54.7 Å². The van der Waals surface area contributed by atoms with Crippen molar-refractivity contribution in [3.63, 3.8) is 0 Å². The molecule has 1 aliphatic heterocycles. The van der Waals surface area contributed by atoms with Gasteiger partial charge in [-0.2, -0.15) is 0 Å². The third-order valence-corrected chi connectivity index (χ3v) is 7.13. The molecule has 0 unspecified atom stereocenters. The van der Waals surface area contributed by atoms with Crippen LogP contribution in [0, 0.1) is 6.92 Å². The monoisotopic (exact) mass is 524 g/mol. The Labute approximate surface area is 228 Å². The van der Waals surface area contributed by atoms with Crippen molar-refractivity contribution in [3.8, 4) is 11.5 Å². The number of carbonyl (C=O) groups is 3. The lowest BCUT2D eigenvalue weighted by molar-refractivity contribution is -0.122. The zero-order valence-electron chi connectivity index (χ0n) is 22.0. The predicted octanol–water partition coefficient (Wildman–Crippen LogP) is 6.17. The van der Waals surface area contributed by atoms with Gasteiger partial charge in [0.1, 0.15) is 30.3 Å². The molecule has 3 aromatic rings. The quantitative estimate of drug-likeness (QED) is 0.217. The molecule has 5 rings (SSSR count). The van der Waals surface area contributed by atoms with Crippen molar-refractivity contribution in [2.75, 3.05) is 18.1 Å². The first-order chi connectivity index (χ1) is 19.0. The first-order valence-corrected chi connectivity index (χ1v) is 13.4. The number of rotatable bonds is 8. The fourth-order valence-electron chi connectivity index (χ4n) is 5.08. The van der Waals surface area contributed by atoms with Gasteiger partial charge in [0.2, 0.25) is 0 Å². The Morgan fingerprint density at radius 1 is 0.846 bits per heavy atom. The first-order valence-electron chi connectivity index (χ1n) is 13.4.